The number of rotatable bonds is 6. The molecule has 19 heavy (non-hydrogen) atoms. The molecule has 5 heteroatoms. The minimum absolute atomic E-state index is 0.736. The van der Waals surface area contributed by atoms with E-state index in [1.807, 2.05) is 12.4 Å². The molecule has 0 atom stereocenters. The van der Waals surface area contributed by atoms with Crippen LogP contribution in [0.1, 0.15) is 19.0 Å². The van der Waals surface area contributed by atoms with Crippen LogP contribution in [-0.4, -0.2) is 43.3 Å². The third kappa shape index (κ3) is 4.01. The van der Waals surface area contributed by atoms with Gasteiger partial charge in [0.05, 0.1) is 18.5 Å². The Kier molecular flexibility index (Phi) is 5.30. The monoisotopic (exact) mass is 262 g/mol. The standard InChI is InChI=1S/C14H22N4O/c1-3-15-8-13-9-16-10-14(17-13)18-6-4-12(5-7-18)11-19-2/h4,9-10,15H,3,5-8,11H2,1-2H3. The normalized spacial score (nSPS) is 15.5. The molecule has 5 nitrogen and oxygen atoms in total. The Labute approximate surface area is 114 Å². The highest BCUT2D eigenvalue weighted by Crippen LogP contribution is 2.17. The summed E-state index contributed by atoms with van der Waals surface area (Å²) in [6.07, 6.45) is 6.92. The summed E-state index contributed by atoms with van der Waals surface area (Å²) in [6.45, 7) is 6.41. The van der Waals surface area contributed by atoms with Crippen molar-refractivity contribution in [1.82, 2.24) is 15.3 Å². The van der Waals surface area contributed by atoms with Crippen LogP contribution in [0.25, 0.3) is 0 Å². The van der Waals surface area contributed by atoms with Gasteiger partial charge in [0, 0.05) is 32.9 Å². The molecule has 0 fully saturated rings. The Morgan fingerprint density at radius 2 is 2.32 bits per heavy atom. The molecule has 104 valence electrons. The van der Waals surface area contributed by atoms with Crippen LogP contribution in [0.5, 0.6) is 0 Å². The molecule has 0 bridgehead atoms. The topological polar surface area (TPSA) is 50.3 Å². The highest BCUT2D eigenvalue weighted by molar-refractivity contribution is 5.39. The van der Waals surface area contributed by atoms with Gasteiger partial charge in [-0.1, -0.05) is 13.0 Å². The van der Waals surface area contributed by atoms with E-state index in [0.29, 0.717) is 0 Å². The molecule has 1 N–H and O–H groups in total. The van der Waals surface area contributed by atoms with Gasteiger partial charge in [-0.3, -0.25) is 4.98 Å². The smallest absolute Gasteiger partial charge is 0.147 e. The zero-order chi connectivity index (χ0) is 13.5. The van der Waals surface area contributed by atoms with Crippen LogP contribution in [0, 0.1) is 0 Å². The molecule has 0 aromatic carbocycles. The molecule has 1 aliphatic heterocycles. The maximum atomic E-state index is 5.16. The minimum atomic E-state index is 0.736. The maximum Gasteiger partial charge on any atom is 0.147 e. The third-order valence-corrected chi connectivity index (χ3v) is 3.18. The lowest BCUT2D eigenvalue weighted by molar-refractivity contribution is 0.222. The number of nitrogens with one attached hydrogen (secondary N) is 1. The lowest BCUT2D eigenvalue weighted by Crippen LogP contribution is -2.30. The van der Waals surface area contributed by atoms with Crippen molar-refractivity contribution in [2.45, 2.75) is 19.9 Å². The number of aromatic nitrogens is 2. The van der Waals surface area contributed by atoms with Gasteiger partial charge in [-0.2, -0.15) is 0 Å². The number of ether oxygens (including phenoxy) is 1. The fourth-order valence-electron chi connectivity index (χ4n) is 2.12. The van der Waals surface area contributed by atoms with Crippen molar-refractivity contribution < 1.29 is 4.74 Å². The summed E-state index contributed by atoms with van der Waals surface area (Å²) in [5.74, 6) is 0.961. The van der Waals surface area contributed by atoms with Crippen LogP contribution in [0.2, 0.25) is 0 Å². The van der Waals surface area contributed by atoms with E-state index in [1.165, 1.54) is 5.57 Å². The molecule has 1 aromatic heterocycles. The summed E-state index contributed by atoms with van der Waals surface area (Å²) in [6, 6.07) is 0. The van der Waals surface area contributed by atoms with Gasteiger partial charge >= 0.3 is 0 Å². The lowest BCUT2D eigenvalue weighted by Gasteiger charge is -2.27. The second-order valence-corrected chi connectivity index (χ2v) is 4.64. The summed E-state index contributed by atoms with van der Waals surface area (Å²) in [7, 11) is 1.74. The van der Waals surface area contributed by atoms with Crippen LogP contribution < -0.4 is 10.2 Å². The molecule has 0 radical (unpaired) electrons. The van der Waals surface area contributed by atoms with Crippen molar-refractivity contribution in [3.8, 4) is 0 Å². The summed E-state index contributed by atoms with van der Waals surface area (Å²) < 4.78 is 5.16. The Morgan fingerprint density at radius 3 is 3.00 bits per heavy atom. The van der Waals surface area contributed by atoms with Gasteiger partial charge < -0.3 is 15.0 Å². The first-order valence-corrected chi connectivity index (χ1v) is 6.77. The van der Waals surface area contributed by atoms with Gasteiger partial charge in [-0.05, 0) is 18.5 Å². The maximum absolute atomic E-state index is 5.16. The van der Waals surface area contributed by atoms with Crippen LogP contribution in [0.3, 0.4) is 0 Å². The van der Waals surface area contributed by atoms with Crippen LogP contribution in [0.15, 0.2) is 24.0 Å². The number of hydrogen-bond donors (Lipinski definition) is 1. The molecule has 0 amide bonds. The van der Waals surface area contributed by atoms with Crippen LogP contribution >= 0.6 is 0 Å². The van der Waals surface area contributed by atoms with Gasteiger partial charge in [0.15, 0.2) is 0 Å². The van der Waals surface area contributed by atoms with E-state index >= 15 is 0 Å². The van der Waals surface area contributed by atoms with Crippen molar-refractivity contribution in [3.63, 3.8) is 0 Å². The summed E-state index contributed by atoms with van der Waals surface area (Å²) in [5, 5.41) is 3.27. The number of methoxy groups -OCH3 is 1. The first kappa shape index (κ1) is 14.0. The number of hydrogen-bond acceptors (Lipinski definition) is 5. The van der Waals surface area contributed by atoms with E-state index in [1.54, 1.807) is 7.11 Å². The molecule has 1 aliphatic rings. The fraction of sp³-hybridized carbons (Fsp3) is 0.571. The first-order valence-electron chi connectivity index (χ1n) is 6.77. The van der Waals surface area contributed by atoms with Crippen molar-refractivity contribution in [1.29, 1.82) is 0 Å². The minimum Gasteiger partial charge on any atom is -0.380 e. The van der Waals surface area contributed by atoms with Crippen molar-refractivity contribution in [3.05, 3.63) is 29.7 Å². The zero-order valence-corrected chi connectivity index (χ0v) is 11.7. The third-order valence-electron chi connectivity index (χ3n) is 3.18. The number of anilines is 1. The van der Waals surface area contributed by atoms with Gasteiger partial charge in [-0.15, -0.1) is 0 Å². The fourth-order valence-corrected chi connectivity index (χ4v) is 2.12. The van der Waals surface area contributed by atoms with Gasteiger partial charge in [0.1, 0.15) is 5.82 Å². The van der Waals surface area contributed by atoms with Crippen molar-refractivity contribution in [2.24, 2.45) is 0 Å². The average Bonchev–Trinajstić information content (AvgIpc) is 2.46. The van der Waals surface area contributed by atoms with E-state index in [0.717, 1.165) is 50.7 Å². The Hall–Kier alpha value is -1.46. The van der Waals surface area contributed by atoms with Crippen molar-refractivity contribution >= 4 is 5.82 Å². The van der Waals surface area contributed by atoms with E-state index in [4.69, 9.17) is 4.74 Å². The Balaban J connectivity index is 1.99. The highest BCUT2D eigenvalue weighted by Gasteiger charge is 2.13. The van der Waals surface area contributed by atoms with Crippen LogP contribution in [-0.2, 0) is 11.3 Å². The second kappa shape index (κ2) is 7.21. The molecule has 2 rings (SSSR count). The second-order valence-electron chi connectivity index (χ2n) is 4.64. The number of nitrogens with zero attached hydrogens (tertiary/aromatic N) is 3. The zero-order valence-electron chi connectivity index (χ0n) is 11.7. The van der Waals surface area contributed by atoms with E-state index < -0.39 is 0 Å². The molecule has 0 spiro atoms. The molecule has 1 aromatic rings. The van der Waals surface area contributed by atoms with E-state index in [9.17, 15) is 0 Å². The van der Waals surface area contributed by atoms with Crippen LogP contribution in [0.4, 0.5) is 5.82 Å². The molecular formula is C14H22N4O. The Morgan fingerprint density at radius 1 is 1.42 bits per heavy atom. The molecular weight excluding hydrogens is 240 g/mol. The Bertz CT molecular complexity index is 433. The summed E-state index contributed by atoms with van der Waals surface area (Å²) >= 11 is 0. The largest absolute Gasteiger partial charge is 0.380 e. The summed E-state index contributed by atoms with van der Waals surface area (Å²) in [5.41, 5.74) is 2.36. The van der Waals surface area contributed by atoms with E-state index in [-0.39, 0.29) is 0 Å². The molecule has 2 heterocycles. The van der Waals surface area contributed by atoms with E-state index in [2.05, 4.69) is 33.2 Å². The SMILES string of the molecule is CCNCc1cncc(N2CC=C(COC)CC2)n1. The predicted octanol–water partition coefficient (Wildman–Crippen LogP) is 1.37. The highest BCUT2D eigenvalue weighted by atomic mass is 16.5. The van der Waals surface area contributed by atoms with Gasteiger partial charge in [-0.25, -0.2) is 4.98 Å². The molecule has 0 aliphatic carbocycles. The molecule has 0 saturated carbocycles. The van der Waals surface area contributed by atoms with Crippen molar-refractivity contribution in [2.75, 3.05) is 38.3 Å². The van der Waals surface area contributed by atoms with Gasteiger partial charge in [0.25, 0.3) is 0 Å². The lowest BCUT2D eigenvalue weighted by atomic mass is 10.1. The molecule has 0 unspecified atom stereocenters. The van der Waals surface area contributed by atoms with Gasteiger partial charge in [0.2, 0.25) is 0 Å². The predicted molar refractivity (Wildman–Crippen MR) is 76.2 cm³/mol. The first-order chi connectivity index (χ1) is 9.33. The summed E-state index contributed by atoms with van der Waals surface area (Å²) in [4.78, 5) is 11.2. The average molecular weight is 262 g/mol. The quantitative estimate of drug-likeness (QED) is 0.785. The molecule has 0 saturated heterocycles.